The number of ether oxygens (including phenoxy) is 1. The van der Waals surface area contributed by atoms with E-state index >= 15 is 0 Å². The van der Waals surface area contributed by atoms with Crippen LogP contribution in [-0.4, -0.2) is 59.6 Å². The third-order valence-electron chi connectivity index (χ3n) is 5.86. The van der Waals surface area contributed by atoms with Crippen molar-refractivity contribution in [1.82, 2.24) is 9.80 Å². The van der Waals surface area contributed by atoms with Gasteiger partial charge in [-0.2, -0.15) is 0 Å². The Bertz CT molecular complexity index is 1180. The van der Waals surface area contributed by atoms with E-state index in [2.05, 4.69) is 6.92 Å². The summed E-state index contributed by atoms with van der Waals surface area (Å²) in [6.45, 7) is 3.17. The Balaban J connectivity index is 1.47. The molecule has 0 unspecified atom stereocenters. The minimum absolute atomic E-state index is 0.178. The zero-order chi connectivity index (χ0) is 24.4. The fourth-order valence-electron chi connectivity index (χ4n) is 3.79. The molecule has 10 heteroatoms. The van der Waals surface area contributed by atoms with Gasteiger partial charge >= 0.3 is 5.97 Å². The van der Waals surface area contributed by atoms with Crippen LogP contribution in [0.25, 0.3) is 17.4 Å². The Morgan fingerprint density at radius 2 is 1.94 bits per heavy atom. The van der Waals surface area contributed by atoms with E-state index in [1.54, 1.807) is 35.2 Å². The second-order valence-corrected chi connectivity index (χ2v) is 9.62. The van der Waals surface area contributed by atoms with Crippen LogP contribution in [0.2, 0.25) is 5.02 Å². The van der Waals surface area contributed by atoms with E-state index in [1.807, 2.05) is 0 Å². The Kier molecular flexibility index (Phi) is 7.13. The first-order valence-corrected chi connectivity index (χ1v) is 12.0. The third kappa shape index (κ3) is 5.05. The number of methoxy groups -OCH3 is 1. The molecule has 178 valence electrons. The number of halogens is 1. The summed E-state index contributed by atoms with van der Waals surface area (Å²) in [7, 11) is 1.27. The minimum atomic E-state index is -0.569. The first-order valence-electron chi connectivity index (χ1n) is 10.8. The lowest BCUT2D eigenvalue weighted by atomic mass is 9.99. The standard InChI is InChI=1S/C24H23ClN2O6S/c1-14-7-9-26(10-8-14)21(28)13-27-22(29)20(34-24(27)31)12-16-4-6-19(33-16)15-3-5-18(25)17(11-15)23(30)32-2/h3-6,11-12,14H,7-10,13H2,1-2H3/b20-12+. The number of carbonyl (C=O) groups excluding carboxylic acids is 4. The van der Waals surface area contributed by atoms with Gasteiger partial charge in [0.25, 0.3) is 11.1 Å². The van der Waals surface area contributed by atoms with E-state index in [0.717, 1.165) is 29.5 Å². The van der Waals surface area contributed by atoms with Crippen molar-refractivity contribution in [1.29, 1.82) is 0 Å². The highest BCUT2D eigenvalue weighted by Gasteiger charge is 2.37. The predicted molar refractivity (Wildman–Crippen MR) is 128 cm³/mol. The van der Waals surface area contributed by atoms with E-state index in [9.17, 15) is 19.2 Å². The molecule has 0 saturated carbocycles. The molecular formula is C24H23ClN2O6S. The van der Waals surface area contributed by atoms with Crippen molar-refractivity contribution in [2.45, 2.75) is 19.8 Å². The maximum Gasteiger partial charge on any atom is 0.339 e. The van der Waals surface area contributed by atoms with Crippen LogP contribution in [0.4, 0.5) is 4.79 Å². The van der Waals surface area contributed by atoms with Crippen molar-refractivity contribution in [2.24, 2.45) is 5.92 Å². The molecule has 1 aromatic heterocycles. The number of thioether (sulfide) groups is 1. The largest absolute Gasteiger partial charge is 0.465 e. The lowest BCUT2D eigenvalue weighted by molar-refractivity contribution is -0.136. The van der Waals surface area contributed by atoms with Gasteiger partial charge in [0.1, 0.15) is 18.1 Å². The Hall–Kier alpha value is -3.04. The number of benzene rings is 1. The van der Waals surface area contributed by atoms with Gasteiger partial charge in [-0.05, 0) is 60.9 Å². The molecule has 2 saturated heterocycles. The van der Waals surface area contributed by atoms with Crippen LogP contribution in [0, 0.1) is 5.92 Å². The smallest absolute Gasteiger partial charge is 0.339 e. The summed E-state index contributed by atoms with van der Waals surface area (Å²) in [6.07, 6.45) is 3.31. The van der Waals surface area contributed by atoms with E-state index in [-0.39, 0.29) is 27.9 Å². The molecule has 3 amide bonds. The fraction of sp³-hybridized carbons (Fsp3) is 0.333. The van der Waals surface area contributed by atoms with Crippen LogP contribution in [0.15, 0.2) is 39.7 Å². The van der Waals surface area contributed by atoms with Gasteiger partial charge in [0.05, 0.1) is 22.6 Å². The third-order valence-corrected chi connectivity index (χ3v) is 7.10. The van der Waals surface area contributed by atoms with E-state index in [1.165, 1.54) is 13.2 Å². The quantitative estimate of drug-likeness (QED) is 0.432. The maximum absolute atomic E-state index is 12.8. The number of rotatable bonds is 5. The van der Waals surface area contributed by atoms with Crippen molar-refractivity contribution in [2.75, 3.05) is 26.7 Å². The molecule has 4 rings (SSSR count). The molecule has 0 aliphatic carbocycles. The molecule has 3 heterocycles. The summed E-state index contributed by atoms with van der Waals surface area (Å²) in [5, 5.41) is -0.230. The molecule has 2 fully saturated rings. The Morgan fingerprint density at radius 1 is 1.21 bits per heavy atom. The molecular weight excluding hydrogens is 480 g/mol. The summed E-state index contributed by atoms with van der Waals surface area (Å²) < 4.78 is 10.5. The summed E-state index contributed by atoms with van der Waals surface area (Å²) >= 11 is 6.84. The molecule has 0 bridgehead atoms. The number of likely N-dealkylation sites (tertiary alicyclic amines) is 1. The van der Waals surface area contributed by atoms with Gasteiger partial charge in [0.15, 0.2) is 0 Å². The average molecular weight is 503 g/mol. The normalized spacial score (nSPS) is 18.1. The first-order chi connectivity index (χ1) is 16.3. The van der Waals surface area contributed by atoms with Crippen LogP contribution in [0.3, 0.4) is 0 Å². The lowest BCUT2D eigenvalue weighted by Gasteiger charge is -2.31. The molecule has 2 aliphatic heterocycles. The van der Waals surface area contributed by atoms with E-state index in [4.69, 9.17) is 20.8 Å². The lowest BCUT2D eigenvalue weighted by Crippen LogP contribution is -2.45. The van der Waals surface area contributed by atoms with Gasteiger partial charge in [-0.25, -0.2) is 4.79 Å². The summed E-state index contributed by atoms with van der Waals surface area (Å²) in [4.78, 5) is 52.6. The number of piperidine rings is 1. The second kappa shape index (κ2) is 10.1. The van der Waals surface area contributed by atoms with Gasteiger partial charge in [0, 0.05) is 24.7 Å². The highest BCUT2D eigenvalue weighted by molar-refractivity contribution is 8.18. The van der Waals surface area contributed by atoms with Gasteiger partial charge in [-0.3, -0.25) is 19.3 Å². The van der Waals surface area contributed by atoms with Gasteiger partial charge in [-0.15, -0.1) is 0 Å². The Labute approximate surface area is 205 Å². The number of imide groups is 1. The number of hydrogen-bond donors (Lipinski definition) is 0. The zero-order valence-corrected chi connectivity index (χ0v) is 20.3. The van der Waals surface area contributed by atoms with Crippen LogP contribution in [0.5, 0.6) is 0 Å². The molecule has 0 atom stereocenters. The summed E-state index contributed by atoms with van der Waals surface area (Å²) in [5.74, 6) is 0.0578. The highest BCUT2D eigenvalue weighted by atomic mass is 35.5. The van der Waals surface area contributed by atoms with Crippen molar-refractivity contribution in [3.8, 4) is 11.3 Å². The number of nitrogens with zero attached hydrogens (tertiary/aromatic N) is 2. The SMILES string of the molecule is COC(=O)c1cc(-c2ccc(/C=C3/SC(=O)N(CC(=O)N4CCC(C)CC4)C3=O)o2)ccc1Cl. The highest BCUT2D eigenvalue weighted by Crippen LogP contribution is 2.34. The molecule has 34 heavy (non-hydrogen) atoms. The molecule has 1 aromatic carbocycles. The van der Waals surface area contributed by atoms with Crippen LogP contribution < -0.4 is 0 Å². The molecule has 8 nitrogen and oxygen atoms in total. The zero-order valence-electron chi connectivity index (χ0n) is 18.7. The second-order valence-electron chi connectivity index (χ2n) is 8.22. The molecule has 0 N–H and O–H groups in total. The number of furan rings is 1. The monoisotopic (exact) mass is 502 g/mol. The first kappa shape index (κ1) is 24.1. The van der Waals surface area contributed by atoms with Gasteiger partial charge in [-0.1, -0.05) is 18.5 Å². The molecule has 2 aliphatic rings. The van der Waals surface area contributed by atoms with Gasteiger partial charge < -0.3 is 14.1 Å². The molecule has 0 spiro atoms. The number of carbonyl (C=O) groups is 4. The number of amides is 3. The fourth-order valence-corrected chi connectivity index (χ4v) is 4.80. The summed E-state index contributed by atoms with van der Waals surface area (Å²) in [5.41, 5.74) is 0.799. The van der Waals surface area contributed by atoms with Crippen molar-refractivity contribution in [3.05, 3.63) is 51.6 Å². The predicted octanol–water partition coefficient (Wildman–Crippen LogP) is 4.68. The van der Waals surface area contributed by atoms with Crippen molar-refractivity contribution >= 4 is 52.5 Å². The van der Waals surface area contributed by atoms with E-state index in [0.29, 0.717) is 36.1 Å². The number of hydrogen-bond acceptors (Lipinski definition) is 7. The van der Waals surface area contributed by atoms with E-state index < -0.39 is 17.1 Å². The van der Waals surface area contributed by atoms with Crippen molar-refractivity contribution < 1.29 is 28.3 Å². The van der Waals surface area contributed by atoms with Crippen LogP contribution >= 0.6 is 23.4 Å². The van der Waals surface area contributed by atoms with Gasteiger partial charge in [0.2, 0.25) is 5.91 Å². The molecule has 2 aromatic rings. The van der Waals surface area contributed by atoms with Crippen LogP contribution in [0.1, 0.15) is 35.9 Å². The van der Waals surface area contributed by atoms with Crippen LogP contribution in [-0.2, 0) is 14.3 Å². The average Bonchev–Trinajstić information content (AvgIpc) is 3.39. The Morgan fingerprint density at radius 3 is 2.65 bits per heavy atom. The maximum atomic E-state index is 12.8. The molecule has 0 radical (unpaired) electrons. The minimum Gasteiger partial charge on any atom is -0.465 e. The summed E-state index contributed by atoms with van der Waals surface area (Å²) in [6, 6.07) is 8.14. The topological polar surface area (TPSA) is 97.1 Å². The van der Waals surface area contributed by atoms with Crippen molar-refractivity contribution in [3.63, 3.8) is 0 Å². The number of esters is 1.